The highest BCUT2D eigenvalue weighted by atomic mass is 32.2. The molecule has 0 radical (unpaired) electrons. The van der Waals surface area contributed by atoms with Gasteiger partial charge in [0.05, 0.1) is 12.8 Å². The summed E-state index contributed by atoms with van der Waals surface area (Å²) in [7, 11) is -2.63. The second kappa shape index (κ2) is 13.3. The Morgan fingerprint density at radius 2 is 1.72 bits per heavy atom. The van der Waals surface area contributed by atoms with Gasteiger partial charge in [-0.3, -0.25) is 4.79 Å². The predicted molar refractivity (Wildman–Crippen MR) is 173 cm³/mol. The molecule has 242 valence electrons. The molecule has 13 heteroatoms. The number of ether oxygens (including phenoxy) is 2. The van der Waals surface area contributed by atoms with Crippen LogP contribution in [-0.2, 0) is 10.0 Å². The fourth-order valence-electron chi connectivity index (χ4n) is 5.38. The summed E-state index contributed by atoms with van der Waals surface area (Å²) < 4.78 is 42.7. The quantitative estimate of drug-likeness (QED) is 0.246. The maximum absolute atomic E-state index is 14.2. The van der Waals surface area contributed by atoms with Crippen LogP contribution < -0.4 is 14.8 Å². The standard InChI is InChI=1S/C33H37N5O7S/c1-6-36-14-16-37(17-15-36)46(42,43)29-20-25(34-31(39)24-8-7-9-26(19-24)44-5)11-13-28(29)45-32-23(4)30(33(40)41)35-38(32)27-12-10-21(2)18-22(27)3/h7-13,18-20H,6,14-17H2,1-5H3,(H,34,39)(H,40,41). The number of anilines is 1. The van der Waals surface area contributed by atoms with Crippen LogP contribution in [0.2, 0.25) is 0 Å². The number of aromatic carboxylic acids is 1. The van der Waals surface area contributed by atoms with E-state index < -0.39 is 21.9 Å². The molecule has 1 amide bonds. The number of carboxylic acids is 1. The summed E-state index contributed by atoms with van der Waals surface area (Å²) in [6.07, 6.45) is 0. The average molecular weight is 648 g/mol. The molecule has 1 saturated heterocycles. The van der Waals surface area contributed by atoms with Gasteiger partial charge in [0.15, 0.2) is 5.69 Å². The highest BCUT2D eigenvalue weighted by molar-refractivity contribution is 7.89. The van der Waals surface area contributed by atoms with E-state index >= 15 is 0 Å². The number of aryl methyl sites for hydroxylation is 2. The number of carbonyl (C=O) groups is 2. The number of carbonyl (C=O) groups excluding carboxylic acids is 1. The molecule has 0 aliphatic carbocycles. The second-order valence-electron chi connectivity index (χ2n) is 11.1. The maximum atomic E-state index is 14.2. The number of rotatable bonds is 10. The lowest BCUT2D eigenvalue weighted by atomic mass is 10.1. The number of likely N-dealkylation sites (N-methyl/N-ethyl adjacent to an activating group) is 1. The van der Waals surface area contributed by atoms with Crippen molar-refractivity contribution in [2.75, 3.05) is 45.2 Å². The number of hydrogen-bond acceptors (Lipinski definition) is 8. The molecule has 3 aromatic carbocycles. The number of carboxylic acid groups (broad SMARTS) is 1. The van der Waals surface area contributed by atoms with E-state index in [1.54, 1.807) is 37.3 Å². The van der Waals surface area contributed by atoms with Gasteiger partial charge < -0.3 is 24.8 Å². The van der Waals surface area contributed by atoms with Gasteiger partial charge >= 0.3 is 5.97 Å². The molecule has 0 bridgehead atoms. The zero-order valence-electron chi connectivity index (χ0n) is 26.4. The number of benzene rings is 3. The molecule has 2 N–H and O–H groups in total. The zero-order valence-corrected chi connectivity index (χ0v) is 27.2. The average Bonchev–Trinajstić information content (AvgIpc) is 3.37. The monoisotopic (exact) mass is 647 g/mol. The molecule has 2 heterocycles. The van der Waals surface area contributed by atoms with Crippen LogP contribution in [0.25, 0.3) is 5.69 Å². The maximum Gasteiger partial charge on any atom is 0.356 e. The summed E-state index contributed by atoms with van der Waals surface area (Å²) in [4.78, 5) is 27.2. The number of methoxy groups -OCH3 is 1. The highest BCUT2D eigenvalue weighted by Gasteiger charge is 2.33. The summed E-state index contributed by atoms with van der Waals surface area (Å²) in [6.45, 7) is 9.90. The number of nitrogens with one attached hydrogen (secondary N) is 1. The van der Waals surface area contributed by atoms with Crippen molar-refractivity contribution in [3.8, 4) is 23.1 Å². The molecule has 1 aliphatic heterocycles. The van der Waals surface area contributed by atoms with Crippen molar-refractivity contribution < 1.29 is 32.6 Å². The first-order chi connectivity index (χ1) is 21.9. The molecule has 12 nitrogen and oxygen atoms in total. The van der Waals surface area contributed by atoms with Gasteiger partial charge in [0.2, 0.25) is 15.9 Å². The first-order valence-electron chi connectivity index (χ1n) is 14.8. The van der Waals surface area contributed by atoms with Crippen molar-refractivity contribution in [2.45, 2.75) is 32.6 Å². The van der Waals surface area contributed by atoms with Crippen molar-refractivity contribution in [3.05, 3.63) is 88.6 Å². The Balaban J connectivity index is 1.60. The third kappa shape index (κ3) is 6.62. The number of piperazine rings is 1. The van der Waals surface area contributed by atoms with Crippen molar-refractivity contribution in [1.29, 1.82) is 0 Å². The summed E-state index contributed by atoms with van der Waals surface area (Å²) >= 11 is 0. The molecular formula is C33H37N5O7S. The van der Waals surface area contributed by atoms with E-state index in [0.717, 1.165) is 17.7 Å². The first-order valence-corrected chi connectivity index (χ1v) is 16.3. The summed E-state index contributed by atoms with van der Waals surface area (Å²) in [5.41, 5.74) is 2.97. The minimum absolute atomic E-state index is 0.0387. The van der Waals surface area contributed by atoms with Crippen molar-refractivity contribution in [2.24, 2.45) is 0 Å². The Labute approximate surface area is 268 Å². The van der Waals surface area contributed by atoms with Crippen LogP contribution in [-0.4, -0.2) is 84.2 Å². The number of hydrogen-bond donors (Lipinski definition) is 2. The second-order valence-corrected chi connectivity index (χ2v) is 13.0. The lowest BCUT2D eigenvalue weighted by Gasteiger charge is -2.33. The van der Waals surface area contributed by atoms with Gasteiger partial charge in [-0.2, -0.15) is 14.1 Å². The smallest absolute Gasteiger partial charge is 0.356 e. The molecule has 1 fully saturated rings. The van der Waals surface area contributed by atoms with Crippen LogP contribution in [0.15, 0.2) is 65.6 Å². The fraction of sp³-hybridized carbons (Fsp3) is 0.303. The molecule has 0 spiro atoms. The lowest BCUT2D eigenvalue weighted by molar-refractivity contribution is 0.0689. The summed E-state index contributed by atoms with van der Waals surface area (Å²) in [5.74, 6) is -1.18. The first kappa shape index (κ1) is 32.7. The van der Waals surface area contributed by atoms with Crippen molar-refractivity contribution >= 4 is 27.6 Å². The molecule has 5 rings (SSSR count). The minimum Gasteiger partial charge on any atom is -0.497 e. The van der Waals surface area contributed by atoms with Gasteiger partial charge in [0.1, 0.15) is 16.4 Å². The largest absolute Gasteiger partial charge is 0.497 e. The Bertz CT molecular complexity index is 1900. The Morgan fingerprint density at radius 3 is 2.37 bits per heavy atom. The van der Waals surface area contributed by atoms with E-state index in [-0.39, 0.29) is 46.6 Å². The molecule has 1 aliphatic rings. The highest BCUT2D eigenvalue weighted by Crippen LogP contribution is 2.37. The predicted octanol–water partition coefficient (Wildman–Crippen LogP) is 4.88. The third-order valence-corrected chi connectivity index (χ3v) is 9.91. The van der Waals surface area contributed by atoms with Crippen LogP contribution in [0.1, 0.15) is 44.5 Å². The molecule has 4 aromatic rings. The summed E-state index contributed by atoms with van der Waals surface area (Å²) in [5, 5.41) is 17.0. The fourth-order valence-corrected chi connectivity index (χ4v) is 6.94. The Kier molecular flexibility index (Phi) is 9.47. The van der Waals surface area contributed by atoms with Gasteiger partial charge in [0, 0.05) is 43.0 Å². The van der Waals surface area contributed by atoms with Crippen LogP contribution in [0.3, 0.4) is 0 Å². The van der Waals surface area contributed by atoms with Gasteiger partial charge in [-0.05, 0) is 75.3 Å². The minimum atomic E-state index is -4.13. The van der Waals surface area contributed by atoms with Crippen LogP contribution >= 0.6 is 0 Å². The van der Waals surface area contributed by atoms with Crippen LogP contribution in [0.4, 0.5) is 5.69 Å². The molecule has 46 heavy (non-hydrogen) atoms. The van der Waals surface area contributed by atoms with Gasteiger partial charge in [0.25, 0.3) is 5.91 Å². The molecular weight excluding hydrogens is 610 g/mol. The van der Waals surface area contributed by atoms with Crippen molar-refractivity contribution in [1.82, 2.24) is 19.0 Å². The van der Waals surface area contributed by atoms with E-state index in [2.05, 4.69) is 15.3 Å². The van der Waals surface area contributed by atoms with Gasteiger partial charge in [-0.25, -0.2) is 13.2 Å². The number of nitrogens with zero attached hydrogens (tertiary/aromatic N) is 4. The topological polar surface area (TPSA) is 143 Å². The Morgan fingerprint density at radius 1 is 0.978 bits per heavy atom. The zero-order chi connectivity index (χ0) is 33.2. The molecule has 0 atom stereocenters. The number of sulfonamides is 1. The van der Waals surface area contributed by atoms with E-state index in [4.69, 9.17) is 9.47 Å². The third-order valence-electron chi connectivity index (χ3n) is 7.99. The van der Waals surface area contributed by atoms with Crippen LogP contribution in [0, 0.1) is 20.8 Å². The molecule has 0 saturated carbocycles. The molecule has 0 unspecified atom stereocenters. The van der Waals surface area contributed by atoms with Crippen LogP contribution in [0.5, 0.6) is 17.4 Å². The van der Waals surface area contributed by atoms with Gasteiger partial charge in [-0.1, -0.05) is 30.7 Å². The number of amides is 1. The van der Waals surface area contributed by atoms with E-state index in [1.165, 1.54) is 34.3 Å². The molecule has 1 aromatic heterocycles. The van der Waals surface area contributed by atoms with Gasteiger partial charge in [-0.15, -0.1) is 0 Å². The van der Waals surface area contributed by atoms with Crippen molar-refractivity contribution in [3.63, 3.8) is 0 Å². The number of aromatic nitrogens is 2. The normalized spacial score (nSPS) is 14.2. The Hall–Kier alpha value is -4.72. The lowest BCUT2D eigenvalue weighted by Crippen LogP contribution is -2.48. The summed E-state index contributed by atoms with van der Waals surface area (Å²) in [6, 6.07) is 16.6. The van der Waals surface area contributed by atoms with E-state index in [1.807, 2.05) is 32.9 Å². The SMILES string of the molecule is CCN1CCN(S(=O)(=O)c2cc(NC(=O)c3cccc(OC)c3)ccc2Oc2c(C)c(C(=O)O)nn2-c2ccc(C)cc2C)CC1. The van der Waals surface area contributed by atoms with E-state index in [0.29, 0.717) is 30.1 Å². The van der Waals surface area contributed by atoms with E-state index in [9.17, 15) is 23.1 Å².